The van der Waals surface area contributed by atoms with Crippen LogP contribution in [0.5, 0.6) is 0 Å². The average molecular weight is 365 g/mol. The molecule has 0 unspecified atom stereocenters. The first-order valence-electron chi connectivity index (χ1n) is 8.01. The van der Waals surface area contributed by atoms with E-state index in [-0.39, 0.29) is 5.56 Å². The number of aryl methyl sites for hydroxylation is 1. The molecule has 2 aromatic heterocycles. The van der Waals surface area contributed by atoms with Gasteiger partial charge in [-0.1, -0.05) is 48.0 Å². The maximum absolute atomic E-state index is 12.9. The average Bonchev–Trinajstić information content (AvgIpc) is 3.14. The fourth-order valence-corrected chi connectivity index (χ4v) is 4.88. The zero-order valence-electron chi connectivity index (χ0n) is 13.4. The topological polar surface area (TPSA) is 34.9 Å². The molecule has 25 heavy (non-hydrogen) atoms. The highest BCUT2D eigenvalue weighted by molar-refractivity contribution is 7.19. The zero-order valence-corrected chi connectivity index (χ0v) is 15.0. The molecule has 1 aliphatic heterocycles. The SMILES string of the molecule is Cc1sc2c(c1-c1ccc(Cl)cc1)c(=O)nc1n2Cc2ccccc2-1. The van der Waals surface area contributed by atoms with E-state index >= 15 is 0 Å². The Balaban J connectivity index is 1.84. The van der Waals surface area contributed by atoms with Gasteiger partial charge in [-0.15, -0.1) is 11.3 Å². The summed E-state index contributed by atoms with van der Waals surface area (Å²) in [4.78, 5) is 19.4. The van der Waals surface area contributed by atoms with Gasteiger partial charge in [0.25, 0.3) is 5.56 Å². The van der Waals surface area contributed by atoms with Gasteiger partial charge in [-0.05, 0) is 30.2 Å². The van der Waals surface area contributed by atoms with Crippen molar-refractivity contribution in [2.75, 3.05) is 0 Å². The van der Waals surface area contributed by atoms with E-state index in [0.29, 0.717) is 10.4 Å². The number of nitrogens with zero attached hydrogens (tertiary/aromatic N) is 2. The number of fused-ring (bicyclic) bond motifs is 5. The number of halogens is 1. The third-order valence-electron chi connectivity index (χ3n) is 4.71. The van der Waals surface area contributed by atoms with Gasteiger partial charge in [-0.2, -0.15) is 4.98 Å². The first-order chi connectivity index (χ1) is 12.1. The standard InChI is InChI=1S/C20H13ClN2OS/c1-11-16(12-6-8-14(21)9-7-12)17-19(24)22-18-15-5-3-2-4-13(15)10-23(18)20(17)25-11/h2-9H,10H2,1H3. The molecular weight excluding hydrogens is 352 g/mol. The van der Waals surface area contributed by atoms with E-state index in [4.69, 9.17) is 11.6 Å². The number of hydrogen-bond donors (Lipinski definition) is 0. The fraction of sp³-hybridized carbons (Fsp3) is 0.100. The fourth-order valence-electron chi connectivity index (χ4n) is 3.59. The summed E-state index contributed by atoms with van der Waals surface area (Å²) < 4.78 is 2.17. The molecule has 0 N–H and O–H groups in total. The Labute approximate surface area is 153 Å². The van der Waals surface area contributed by atoms with Crippen molar-refractivity contribution in [1.82, 2.24) is 9.55 Å². The monoisotopic (exact) mass is 364 g/mol. The Morgan fingerprint density at radius 3 is 2.68 bits per heavy atom. The van der Waals surface area contributed by atoms with Crippen LogP contribution in [0.25, 0.3) is 32.7 Å². The summed E-state index contributed by atoms with van der Waals surface area (Å²) in [5.41, 5.74) is 4.08. The van der Waals surface area contributed by atoms with Crippen LogP contribution in [-0.2, 0) is 6.54 Å². The Bertz CT molecular complexity index is 1210. The summed E-state index contributed by atoms with van der Waals surface area (Å²) in [5.74, 6) is 0.775. The lowest BCUT2D eigenvalue weighted by atomic mass is 10.0. The van der Waals surface area contributed by atoms with Crippen LogP contribution in [0.15, 0.2) is 53.3 Å². The second-order valence-electron chi connectivity index (χ2n) is 6.20. The molecule has 3 nitrogen and oxygen atoms in total. The molecule has 0 atom stereocenters. The highest BCUT2D eigenvalue weighted by atomic mass is 35.5. The van der Waals surface area contributed by atoms with Gasteiger partial charge in [0.15, 0.2) is 0 Å². The Kier molecular flexibility index (Phi) is 3.14. The lowest BCUT2D eigenvalue weighted by molar-refractivity contribution is 0.860. The van der Waals surface area contributed by atoms with Gasteiger partial charge in [0.2, 0.25) is 0 Å². The van der Waals surface area contributed by atoms with Gasteiger partial charge in [-0.25, -0.2) is 0 Å². The van der Waals surface area contributed by atoms with E-state index in [1.54, 1.807) is 11.3 Å². The molecule has 0 fully saturated rings. The van der Waals surface area contributed by atoms with Crippen molar-refractivity contribution in [3.05, 3.63) is 74.3 Å². The lowest BCUT2D eigenvalue weighted by Gasteiger charge is -2.06. The molecule has 0 radical (unpaired) electrons. The minimum Gasteiger partial charge on any atom is -0.312 e. The summed E-state index contributed by atoms with van der Waals surface area (Å²) >= 11 is 7.67. The van der Waals surface area contributed by atoms with Gasteiger partial charge < -0.3 is 4.57 Å². The molecule has 1 aliphatic rings. The molecule has 4 aromatic rings. The van der Waals surface area contributed by atoms with Gasteiger partial charge >= 0.3 is 0 Å². The second kappa shape index (κ2) is 5.28. The number of hydrogen-bond acceptors (Lipinski definition) is 3. The smallest absolute Gasteiger partial charge is 0.282 e. The van der Waals surface area contributed by atoms with Crippen molar-refractivity contribution >= 4 is 33.2 Å². The normalized spacial score (nSPS) is 12.4. The molecule has 5 heteroatoms. The van der Waals surface area contributed by atoms with Crippen LogP contribution >= 0.6 is 22.9 Å². The van der Waals surface area contributed by atoms with Crippen LogP contribution in [0.3, 0.4) is 0 Å². The van der Waals surface area contributed by atoms with Crippen molar-refractivity contribution < 1.29 is 0 Å². The van der Waals surface area contributed by atoms with E-state index in [2.05, 4.69) is 22.5 Å². The van der Waals surface area contributed by atoms with E-state index in [1.807, 2.05) is 42.5 Å². The van der Waals surface area contributed by atoms with Crippen molar-refractivity contribution in [2.45, 2.75) is 13.5 Å². The van der Waals surface area contributed by atoms with E-state index in [1.165, 1.54) is 5.56 Å². The Morgan fingerprint density at radius 2 is 1.88 bits per heavy atom. The Morgan fingerprint density at radius 1 is 1.12 bits per heavy atom. The van der Waals surface area contributed by atoms with Crippen LogP contribution in [0.4, 0.5) is 0 Å². The third-order valence-corrected chi connectivity index (χ3v) is 6.09. The molecule has 5 rings (SSSR count). The van der Waals surface area contributed by atoms with Crippen LogP contribution in [-0.4, -0.2) is 9.55 Å². The van der Waals surface area contributed by atoms with Crippen molar-refractivity contribution in [1.29, 1.82) is 0 Å². The second-order valence-corrected chi connectivity index (χ2v) is 7.84. The summed E-state index contributed by atoms with van der Waals surface area (Å²) in [5, 5.41) is 1.40. The molecule has 0 spiro atoms. The summed E-state index contributed by atoms with van der Waals surface area (Å²) in [7, 11) is 0. The molecular formula is C20H13ClN2OS. The highest BCUT2D eigenvalue weighted by Crippen LogP contribution is 2.40. The molecule has 0 saturated carbocycles. The molecule has 0 bridgehead atoms. The minimum absolute atomic E-state index is 0.160. The summed E-state index contributed by atoms with van der Waals surface area (Å²) in [6, 6.07) is 15.8. The van der Waals surface area contributed by atoms with E-state index in [0.717, 1.165) is 38.8 Å². The van der Waals surface area contributed by atoms with E-state index in [9.17, 15) is 4.79 Å². The van der Waals surface area contributed by atoms with Crippen molar-refractivity contribution in [3.8, 4) is 22.5 Å². The van der Waals surface area contributed by atoms with Crippen LogP contribution in [0, 0.1) is 6.92 Å². The predicted molar refractivity (Wildman–Crippen MR) is 104 cm³/mol. The third kappa shape index (κ3) is 2.11. The molecule has 0 saturated heterocycles. The maximum Gasteiger partial charge on any atom is 0.282 e. The van der Waals surface area contributed by atoms with E-state index < -0.39 is 0 Å². The van der Waals surface area contributed by atoms with Crippen LogP contribution in [0.1, 0.15) is 10.4 Å². The molecule has 2 aromatic carbocycles. The molecule has 0 amide bonds. The van der Waals surface area contributed by atoms with Gasteiger partial charge in [0.05, 0.1) is 11.9 Å². The highest BCUT2D eigenvalue weighted by Gasteiger charge is 2.25. The zero-order chi connectivity index (χ0) is 17.1. The Hall–Kier alpha value is -2.43. The summed E-state index contributed by atoms with van der Waals surface area (Å²) in [6.07, 6.45) is 0. The first-order valence-corrected chi connectivity index (χ1v) is 9.21. The number of thiophene rings is 1. The molecule has 122 valence electrons. The summed E-state index contributed by atoms with van der Waals surface area (Å²) in [6.45, 7) is 2.82. The number of rotatable bonds is 1. The molecule has 3 heterocycles. The largest absolute Gasteiger partial charge is 0.312 e. The van der Waals surface area contributed by atoms with Gasteiger partial charge in [-0.3, -0.25) is 4.79 Å². The number of benzene rings is 2. The van der Waals surface area contributed by atoms with Crippen molar-refractivity contribution in [3.63, 3.8) is 0 Å². The van der Waals surface area contributed by atoms with Gasteiger partial charge in [0.1, 0.15) is 10.7 Å². The van der Waals surface area contributed by atoms with Crippen LogP contribution < -0.4 is 5.56 Å². The minimum atomic E-state index is -0.160. The maximum atomic E-state index is 12.9. The predicted octanol–water partition coefficient (Wildman–Crippen LogP) is 5.12. The first kappa shape index (κ1) is 14.9. The van der Waals surface area contributed by atoms with Crippen LogP contribution in [0.2, 0.25) is 5.02 Å². The number of aromatic nitrogens is 2. The lowest BCUT2D eigenvalue weighted by Crippen LogP contribution is -2.12. The quantitative estimate of drug-likeness (QED) is 0.414. The van der Waals surface area contributed by atoms with Crippen molar-refractivity contribution in [2.24, 2.45) is 0 Å². The van der Waals surface area contributed by atoms with Gasteiger partial charge in [0, 0.05) is 21.0 Å². The molecule has 0 aliphatic carbocycles.